The summed E-state index contributed by atoms with van der Waals surface area (Å²) in [5, 5.41) is 3.04. The highest BCUT2D eigenvalue weighted by atomic mass is 28.3. The molecule has 1 aliphatic rings. The number of rotatable bonds is 4. The van der Waals surface area contributed by atoms with E-state index in [1.165, 1.54) is 27.5 Å². The molecule has 0 radical (unpaired) electrons. The van der Waals surface area contributed by atoms with E-state index >= 15 is 0 Å². The first-order chi connectivity index (χ1) is 12.7. The van der Waals surface area contributed by atoms with Crippen molar-refractivity contribution in [2.45, 2.75) is 47.2 Å². The molecule has 0 aliphatic heterocycles. The van der Waals surface area contributed by atoms with Gasteiger partial charge in [0.2, 0.25) is 0 Å². The molecule has 2 aromatic carbocycles. The highest BCUT2D eigenvalue weighted by molar-refractivity contribution is 6.96. The molecular formula is C25H32OSi. The smallest absolute Gasteiger partial charge is 0.126 e. The molecule has 0 spiro atoms. The predicted molar refractivity (Wildman–Crippen MR) is 121 cm³/mol. The number of benzene rings is 2. The van der Waals surface area contributed by atoms with Gasteiger partial charge in [0.05, 0.1) is 7.11 Å². The number of aryl methyl sites for hydroxylation is 1. The maximum Gasteiger partial charge on any atom is 0.126 e. The largest absolute Gasteiger partial charge is 0.496 e. The molecule has 1 aliphatic carbocycles. The average molecular weight is 377 g/mol. The van der Waals surface area contributed by atoms with Crippen LogP contribution in [0.4, 0.5) is 0 Å². The van der Waals surface area contributed by atoms with E-state index in [2.05, 4.69) is 95.4 Å². The Balaban J connectivity index is 2.24. The lowest BCUT2D eigenvalue weighted by Gasteiger charge is -2.33. The number of methoxy groups -OCH3 is 1. The monoisotopic (exact) mass is 376 g/mol. The van der Waals surface area contributed by atoms with Crippen molar-refractivity contribution in [3.05, 3.63) is 70.9 Å². The number of hydrogen-bond donors (Lipinski definition) is 0. The SMILES string of the molecule is COc1c(-c2ccccc2)cc(C)cc1[Si](C)(C)C1=C(C(C)(C)C)C=CC1. The molecule has 0 saturated heterocycles. The third-order valence-electron chi connectivity index (χ3n) is 5.69. The third kappa shape index (κ3) is 3.68. The predicted octanol–water partition coefficient (Wildman–Crippen LogP) is 6.43. The van der Waals surface area contributed by atoms with E-state index in [1.54, 1.807) is 5.20 Å². The number of ether oxygens (including phenoxy) is 1. The van der Waals surface area contributed by atoms with Crippen molar-refractivity contribution in [2.24, 2.45) is 5.41 Å². The Labute approximate surface area is 165 Å². The third-order valence-corrected chi connectivity index (χ3v) is 9.39. The summed E-state index contributed by atoms with van der Waals surface area (Å²) in [5.74, 6) is 1.05. The normalized spacial score (nSPS) is 14.8. The van der Waals surface area contributed by atoms with Gasteiger partial charge in [0.1, 0.15) is 13.8 Å². The Hall–Kier alpha value is -2.06. The maximum atomic E-state index is 6.04. The van der Waals surface area contributed by atoms with E-state index in [4.69, 9.17) is 4.74 Å². The minimum Gasteiger partial charge on any atom is -0.496 e. The second-order valence-corrected chi connectivity index (χ2v) is 13.5. The first kappa shape index (κ1) is 19.7. The lowest BCUT2D eigenvalue weighted by molar-refractivity contribution is 0.419. The van der Waals surface area contributed by atoms with Crippen molar-refractivity contribution in [3.63, 3.8) is 0 Å². The summed E-state index contributed by atoms with van der Waals surface area (Å²) in [7, 11) is -0.0718. The molecule has 142 valence electrons. The zero-order valence-corrected chi connectivity index (χ0v) is 18.8. The summed E-state index contributed by atoms with van der Waals surface area (Å²) in [6.07, 6.45) is 5.76. The molecule has 0 heterocycles. The van der Waals surface area contributed by atoms with Crippen LogP contribution in [-0.4, -0.2) is 15.2 Å². The molecule has 0 saturated carbocycles. The van der Waals surface area contributed by atoms with Gasteiger partial charge in [-0.3, -0.25) is 0 Å². The van der Waals surface area contributed by atoms with Crippen molar-refractivity contribution < 1.29 is 4.74 Å². The fourth-order valence-electron chi connectivity index (χ4n) is 4.25. The van der Waals surface area contributed by atoms with E-state index in [0.29, 0.717) is 0 Å². The molecular weight excluding hydrogens is 344 g/mol. The summed E-state index contributed by atoms with van der Waals surface area (Å²) in [6.45, 7) is 14.1. The summed E-state index contributed by atoms with van der Waals surface area (Å²) in [6, 6.07) is 15.2. The Morgan fingerprint density at radius 1 is 1.00 bits per heavy atom. The Kier molecular flexibility index (Phi) is 5.22. The molecule has 27 heavy (non-hydrogen) atoms. The Bertz CT molecular complexity index is 896. The molecule has 0 amide bonds. The highest BCUT2D eigenvalue weighted by Gasteiger charge is 2.37. The van der Waals surface area contributed by atoms with Crippen LogP contribution in [0.1, 0.15) is 32.8 Å². The van der Waals surface area contributed by atoms with Crippen molar-refractivity contribution in [2.75, 3.05) is 7.11 Å². The van der Waals surface area contributed by atoms with Crippen LogP contribution in [-0.2, 0) is 0 Å². The first-order valence-electron chi connectivity index (χ1n) is 9.81. The molecule has 0 fully saturated rings. The van der Waals surface area contributed by atoms with Crippen LogP contribution in [0.5, 0.6) is 5.75 Å². The van der Waals surface area contributed by atoms with Crippen LogP contribution >= 0.6 is 0 Å². The second kappa shape index (κ2) is 7.16. The van der Waals surface area contributed by atoms with E-state index in [0.717, 1.165) is 12.2 Å². The van der Waals surface area contributed by atoms with E-state index in [9.17, 15) is 0 Å². The summed E-state index contributed by atoms with van der Waals surface area (Å²) in [4.78, 5) is 0. The van der Waals surface area contributed by atoms with Gasteiger partial charge >= 0.3 is 0 Å². The first-order valence-corrected chi connectivity index (χ1v) is 12.8. The summed E-state index contributed by atoms with van der Waals surface area (Å²) < 4.78 is 6.04. The van der Waals surface area contributed by atoms with Gasteiger partial charge in [-0.1, -0.05) is 93.2 Å². The maximum absolute atomic E-state index is 6.04. The van der Waals surface area contributed by atoms with Gasteiger partial charge in [-0.25, -0.2) is 0 Å². The van der Waals surface area contributed by atoms with Crippen molar-refractivity contribution in [1.82, 2.24) is 0 Å². The minimum absolute atomic E-state index is 0.173. The van der Waals surface area contributed by atoms with Gasteiger partial charge in [0.25, 0.3) is 0 Å². The van der Waals surface area contributed by atoms with Crippen LogP contribution in [0.15, 0.2) is 65.4 Å². The van der Waals surface area contributed by atoms with Crippen molar-refractivity contribution in [1.29, 1.82) is 0 Å². The van der Waals surface area contributed by atoms with Crippen molar-refractivity contribution >= 4 is 13.3 Å². The molecule has 3 rings (SSSR count). The molecule has 0 atom stereocenters. The summed E-state index contributed by atoms with van der Waals surface area (Å²) >= 11 is 0. The van der Waals surface area contributed by atoms with E-state index in [1.807, 2.05) is 7.11 Å². The fraction of sp³-hybridized carbons (Fsp3) is 0.360. The lowest BCUT2D eigenvalue weighted by atomic mass is 9.87. The van der Waals surface area contributed by atoms with Gasteiger partial charge in [-0.2, -0.15) is 0 Å². The van der Waals surface area contributed by atoms with Crippen LogP contribution in [0, 0.1) is 12.3 Å². The lowest BCUT2D eigenvalue weighted by Crippen LogP contribution is -2.45. The standard InChI is InChI=1S/C25H32OSi/c1-18-16-20(19-12-9-8-10-13-19)24(26-5)23(17-18)27(6,7)22-15-11-14-21(22)25(2,3)4/h8-14,16-17H,15H2,1-7H3. The number of hydrogen-bond acceptors (Lipinski definition) is 1. The minimum atomic E-state index is -1.89. The molecule has 0 N–H and O–H groups in total. The van der Waals surface area contributed by atoms with Crippen LogP contribution in [0.2, 0.25) is 13.1 Å². The quantitative estimate of drug-likeness (QED) is 0.559. The fourth-order valence-corrected chi connectivity index (χ4v) is 7.73. The van der Waals surface area contributed by atoms with Gasteiger partial charge in [-0.15, -0.1) is 0 Å². The zero-order chi connectivity index (χ0) is 19.8. The molecule has 0 bridgehead atoms. The zero-order valence-electron chi connectivity index (χ0n) is 17.8. The highest BCUT2D eigenvalue weighted by Crippen LogP contribution is 2.40. The van der Waals surface area contributed by atoms with Gasteiger partial charge in [-0.05, 0) is 41.1 Å². The van der Waals surface area contributed by atoms with Gasteiger partial charge in [0, 0.05) is 5.56 Å². The van der Waals surface area contributed by atoms with Crippen LogP contribution < -0.4 is 9.92 Å². The second-order valence-electron chi connectivity index (χ2n) is 9.13. The van der Waals surface area contributed by atoms with Crippen LogP contribution in [0.3, 0.4) is 0 Å². The van der Waals surface area contributed by atoms with Crippen LogP contribution in [0.25, 0.3) is 11.1 Å². The molecule has 0 aromatic heterocycles. The van der Waals surface area contributed by atoms with Gasteiger partial charge < -0.3 is 4.74 Å². The molecule has 2 aromatic rings. The molecule has 1 nitrogen and oxygen atoms in total. The number of allylic oxidation sites excluding steroid dienone is 4. The Morgan fingerprint density at radius 2 is 1.67 bits per heavy atom. The summed E-state index contributed by atoms with van der Waals surface area (Å²) in [5.41, 5.74) is 5.42. The van der Waals surface area contributed by atoms with Crippen molar-refractivity contribution in [3.8, 4) is 16.9 Å². The average Bonchev–Trinajstić information content (AvgIpc) is 3.13. The molecule has 0 unspecified atom stereocenters. The van der Waals surface area contributed by atoms with E-state index in [-0.39, 0.29) is 5.41 Å². The van der Waals surface area contributed by atoms with E-state index < -0.39 is 8.07 Å². The Morgan fingerprint density at radius 3 is 2.26 bits per heavy atom. The molecule has 2 heteroatoms. The van der Waals surface area contributed by atoms with Gasteiger partial charge in [0.15, 0.2) is 0 Å². The topological polar surface area (TPSA) is 9.23 Å².